The molecule has 1 aliphatic heterocycles. The number of aryl methyl sites for hydroxylation is 2. The van der Waals surface area contributed by atoms with Crippen LogP contribution in [0.3, 0.4) is 0 Å². The van der Waals surface area contributed by atoms with Crippen LogP contribution in [0, 0.1) is 13.8 Å². The number of carbonyl (C=O) groups is 1. The Morgan fingerprint density at radius 1 is 1.04 bits per heavy atom. The minimum Gasteiger partial charge on any atom is -0.493 e. The van der Waals surface area contributed by atoms with E-state index in [1.807, 2.05) is 31.2 Å². The lowest BCUT2D eigenvalue weighted by molar-refractivity contribution is -0.909. The summed E-state index contributed by atoms with van der Waals surface area (Å²) in [5, 5.41) is 3.21. The molecule has 0 aliphatic carbocycles. The van der Waals surface area contributed by atoms with E-state index < -0.39 is 0 Å². The normalized spacial score (nSPS) is 15.8. The number of nitrogens with one attached hydrogen (secondary N) is 2. The standard InChI is InChI=1S/C23H30N2O3/c1-18-3-7-20(8-4-18)22(17-25-12-15-27-16-13-25)24-23(26)11-14-28-21-9-5-19(2)6-10-21/h3-10,22H,11-17H2,1-2H3,(H,24,26)/p+1/t22-/m0/s1. The maximum absolute atomic E-state index is 12.6. The molecule has 5 nitrogen and oxygen atoms in total. The van der Waals surface area contributed by atoms with Gasteiger partial charge in [-0.05, 0) is 31.5 Å². The van der Waals surface area contributed by atoms with Gasteiger partial charge in [0.2, 0.25) is 5.91 Å². The molecule has 1 amide bonds. The van der Waals surface area contributed by atoms with Gasteiger partial charge < -0.3 is 19.7 Å². The van der Waals surface area contributed by atoms with Crippen LogP contribution >= 0.6 is 0 Å². The maximum Gasteiger partial charge on any atom is 0.224 e. The Kier molecular flexibility index (Phi) is 7.46. The van der Waals surface area contributed by atoms with Gasteiger partial charge in [0.25, 0.3) is 0 Å². The summed E-state index contributed by atoms with van der Waals surface area (Å²) in [6.45, 7) is 8.90. The Morgan fingerprint density at radius 3 is 2.29 bits per heavy atom. The molecule has 28 heavy (non-hydrogen) atoms. The lowest BCUT2D eigenvalue weighted by Crippen LogP contribution is -3.14. The molecule has 1 atom stereocenters. The molecule has 0 unspecified atom stereocenters. The van der Waals surface area contributed by atoms with Crippen LogP contribution in [-0.2, 0) is 9.53 Å². The molecular weight excluding hydrogens is 352 g/mol. The van der Waals surface area contributed by atoms with Gasteiger partial charge in [-0.1, -0.05) is 47.5 Å². The van der Waals surface area contributed by atoms with E-state index in [0.29, 0.717) is 13.0 Å². The zero-order valence-electron chi connectivity index (χ0n) is 16.9. The Hall–Kier alpha value is -2.37. The molecule has 3 rings (SSSR count). The third kappa shape index (κ3) is 6.36. The Bertz CT molecular complexity index is 737. The van der Waals surface area contributed by atoms with Gasteiger partial charge in [-0.3, -0.25) is 4.79 Å². The number of ether oxygens (including phenoxy) is 2. The minimum absolute atomic E-state index is 0.000532. The second-order valence-corrected chi connectivity index (χ2v) is 7.51. The summed E-state index contributed by atoms with van der Waals surface area (Å²) >= 11 is 0. The molecule has 5 heteroatoms. The molecule has 1 saturated heterocycles. The molecule has 2 aromatic carbocycles. The van der Waals surface area contributed by atoms with Crippen LogP contribution in [0.25, 0.3) is 0 Å². The molecular formula is C23H31N2O3+. The summed E-state index contributed by atoms with van der Waals surface area (Å²) in [6, 6.07) is 16.3. The highest BCUT2D eigenvalue weighted by molar-refractivity contribution is 5.76. The van der Waals surface area contributed by atoms with E-state index in [-0.39, 0.29) is 11.9 Å². The van der Waals surface area contributed by atoms with Gasteiger partial charge in [-0.25, -0.2) is 0 Å². The first-order valence-corrected chi connectivity index (χ1v) is 10.1. The number of rotatable bonds is 8. The fourth-order valence-corrected chi connectivity index (χ4v) is 3.37. The lowest BCUT2D eigenvalue weighted by atomic mass is 10.0. The smallest absolute Gasteiger partial charge is 0.224 e. The molecule has 0 spiro atoms. The quantitative estimate of drug-likeness (QED) is 0.732. The van der Waals surface area contributed by atoms with Gasteiger partial charge in [-0.15, -0.1) is 0 Å². The van der Waals surface area contributed by atoms with E-state index in [1.165, 1.54) is 16.0 Å². The number of quaternary nitrogens is 1. The first-order chi connectivity index (χ1) is 13.6. The summed E-state index contributed by atoms with van der Waals surface area (Å²) in [6.07, 6.45) is 0.342. The molecule has 1 fully saturated rings. The number of benzene rings is 2. The average Bonchev–Trinajstić information content (AvgIpc) is 2.70. The third-order valence-corrected chi connectivity index (χ3v) is 5.13. The van der Waals surface area contributed by atoms with Crippen molar-refractivity contribution in [3.63, 3.8) is 0 Å². The summed E-state index contributed by atoms with van der Waals surface area (Å²) in [7, 11) is 0. The van der Waals surface area contributed by atoms with Crippen molar-refractivity contribution < 1.29 is 19.2 Å². The van der Waals surface area contributed by atoms with E-state index in [1.54, 1.807) is 0 Å². The zero-order valence-corrected chi connectivity index (χ0v) is 16.9. The topological polar surface area (TPSA) is 52.0 Å². The van der Waals surface area contributed by atoms with Crippen LogP contribution in [-0.4, -0.2) is 45.4 Å². The zero-order chi connectivity index (χ0) is 19.8. The summed E-state index contributed by atoms with van der Waals surface area (Å²) < 4.78 is 11.2. The fraction of sp³-hybridized carbons (Fsp3) is 0.435. The van der Waals surface area contributed by atoms with E-state index in [0.717, 1.165) is 44.2 Å². The van der Waals surface area contributed by atoms with Crippen LogP contribution in [0.4, 0.5) is 0 Å². The highest BCUT2D eigenvalue weighted by Crippen LogP contribution is 2.14. The highest BCUT2D eigenvalue weighted by Gasteiger charge is 2.22. The number of hydrogen-bond donors (Lipinski definition) is 2. The molecule has 2 N–H and O–H groups in total. The fourth-order valence-electron chi connectivity index (χ4n) is 3.37. The van der Waals surface area contributed by atoms with E-state index in [4.69, 9.17) is 9.47 Å². The van der Waals surface area contributed by atoms with Crippen LogP contribution in [0.2, 0.25) is 0 Å². The number of carbonyl (C=O) groups excluding carboxylic acids is 1. The van der Waals surface area contributed by atoms with Gasteiger partial charge >= 0.3 is 0 Å². The van der Waals surface area contributed by atoms with Crippen molar-refractivity contribution in [2.45, 2.75) is 26.3 Å². The van der Waals surface area contributed by atoms with Gasteiger partial charge in [0, 0.05) is 0 Å². The van der Waals surface area contributed by atoms with Crippen LogP contribution in [0.1, 0.15) is 29.2 Å². The predicted octanol–water partition coefficient (Wildman–Crippen LogP) is 1.84. The van der Waals surface area contributed by atoms with Crippen LogP contribution in [0.15, 0.2) is 48.5 Å². The number of hydrogen-bond acceptors (Lipinski definition) is 3. The maximum atomic E-state index is 12.6. The molecule has 0 bridgehead atoms. The van der Waals surface area contributed by atoms with Crippen LogP contribution < -0.4 is 15.0 Å². The molecule has 2 aromatic rings. The molecule has 1 aliphatic rings. The molecule has 150 valence electrons. The predicted molar refractivity (Wildman–Crippen MR) is 110 cm³/mol. The Balaban J connectivity index is 1.55. The van der Waals surface area contributed by atoms with Gasteiger partial charge in [0.05, 0.1) is 26.2 Å². The summed E-state index contributed by atoms with van der Waals surface area (Å²) in [4.78, 5) is 14.0. The van der Waals surface area contributed by atoms with E-state index in [2.05, 4.69) is 36.5 Å². The van der Waals surface area contributed by atoms with E-state index >= 15 is 0 Å². The molecule has 0 aromatic heterocycles. The lowest BCUT2D eigenvalue weighted by Gasteiger charge is -2.28. The second-order valence-electron chi connectivity index (χ2n) is 7.51. The van der Waals surface area contributed by atoms with Crippen molar-refractivity contribution in [3.8, 4) is 5.75 Å². The number of morpholine rings is 1. The summed E-state index contributed by atoms with van der Waals surface area (Å²) in [5.41, 5.74) is 3.56. The second kappa shape index (κ2) is 10.2. The van der Waals surface area contributed by atoms with Crippen molar-refractivity contribution in [2.24, 2.45) is 0 Å². The highest BCUT2D eigenvalue weighted by atomic mass is 16.5. The number of amides is 1. The first kappa shape index (κ1) is 20.4. The summed E-state index contributed by atoms with van der Waals surface area (Å²) in [5.74, 6) is 0.816. The SMILES string of the molecule is Cc1ccc(OCCC(=O)N[C@@H](C[NH+]2CCOCC2)c2ccc(C)cc2)cc1. The third-order valence-electron chi connectivity index (χ3n) is 5.13. The van der Waals surface area contributed by atoms with Gasteiger partial charge in [0.1, 0.15) is 31.4 Å². The van der Waals surface area contributed by atoms with Crippen LogP contribution in [0.5, 0.6) is 5.75 Å². The Labute approximate surface area is 167 Å². The molecule has 0 saturated carbocycles. The van der Waals surface area contributed by atoms with Crippen molar-refractivity contribution in [2.75, 3.05) is 39.5 Å². The molecule has 0 radical (unpaired) electrons. The molecule has 1 heterocycles. The van der Waals surface area contributed by atoms with Crippen molar-refractivity contribution in [1.29, 1.82) is 0 Å². The first-order valence-electron chi connectivity index (χ1n) is 10.1. The minimum atomic E-state index is 0.000532. The average molecular weight is 384 g/mol. The van der Waals surface area contributed by atoms with E-state index in [9.17, 15) is 4.79 Å². The monoisotopic (exact) mass is 383 g/mol. The van der Waals surface area contributed by atoms with Crippen molar-refractivity contribution >= 4 is 5.91 Å². The largest absolute Gasteiger partial charge is 0.493 e. The van der Waals surface area contributed by atoms with Crippen molar-refractivity contribution in [1.82, 2.24) is 5.32 Å². The van der Waals surface area contributed by atoms with Crippen molar-refractivity contribution in [3.05, 3.63) is 65.2 Å². The van der Waals surface area contributed by atoms with Gasteiger partial charge in [0.15, 0.2) is 0 Å². The Morgan fingerprint density at radius 2 is 1.64 bits per heavy atom. The van der Waals surface area contributed by atoms with Gasteiger partial charge in [-0.2, -0.15) is 0 Å².